The Labute approximate surface area is 129 Å². The Balaban J connectivity index is 1.97. The number of aromatic nitrogens is 1. The monoisotopic (exact) mass is 301 g/mol. The maximum Gasteiger partial charge on any atom is 0.0951 e. The second-order valence-corrected chi connectivity index (χ2v) is 7.47. The number of thiophene rings is 1. The first-order valence-electron chi connectivity index (χ1n) is 7.37. The van der Waals surface area contributed by atoms with Crippen LogP contribution in [0.5, 0.6) is 0 Å². The van der Waals surface area contributed by atoms with Crippen LogP contribution in [-0.2, 0) is 0 Å². The molecule has 0 radical (unpaired) electrons. The Morgan fingerprint density at radius 1 is 1.33 bits per heavy atom. The highest BCUT2D eigenvalue weighted by Crippen LogP contribution is 2.43. The summed E-state index contributed by atoms with van der Waals surface area (Å²) in [6.07, 6.45) is 8.65. The fourth-order valence-electron chi connectivity index (χ4n) is 2.85. The van der Waals surface area contributed by atoms with Crippen molar-refractivity contribution in [3.63, 3.8) is 0 Å². The number of aryl methyl sites for hydroxylation is 1. The summed E-state index contributed by atoms with van der Waals surface area (Å²) in [5, 5.41) is 0. The van der Waals surface area contributed by atoms with E-state index in [9.17, 15) is 4.39 Å². The lowest BCUT2D eigenvalue weighted by Gasteiger charge is -2.30. The van der Waals surface area contributed by atoms with Gasteiger partial charge in [-0.3, -0.25) is 9.37 Å². The van der Waals surface area contributed by atoms with Gasteiger partial charge in [-0.2, -0.15) is 0 Å². The number of hydrogen-bond donors (Lipinski definition) is 0. The molecule has 1 atom stereocenters. The van der Waals surface area contributed by atoms with E-state index in [4.69, 9.17) is 0 Å². The van der Waals surface area contributed by atoms with Gasteiger partial charge in [-0.25, -0.2) is 0 Å². The zero-order valence-electron chi connectivity index (χ0n) is 12.5. The topological polar surface area (TPSA) is 12.9 Å². The molecular weight excluding hydrogens is 281 g/mol. The van der Waals surface area contributed by atoms with Crippen molar-refractivity contribution >= 4 is 16.9 Å². The smallest absolute Gasteiger partial charge is 0.0951 e. The van der Waals surface area contributed by atoms with Crippen LogP contribution in [0.2, 0.25) is 0 Å². The summed E-state index contributed by atoms with van der Waals surface area (Å²) in [5.41, 5.74) is 3.75. The molecule has 21 heavy (non-hydrogen) atoms. The molecular formula is C18H20FNS. The zero-order chi connectivity index (χ0) is 14.9. The molecule has 110 valence electrons. The highest BCUT2D eigenvalue weighted by Gasteiger charge is 2.28. The maximum atomic E-state index is 13.1. The van der Waals surface area contributed by atoms with E-state index in [1.54, 1.807) is 0 Å². The second kappa shape index (κ2) is 5.72. The molecule has 0 aromatic carbocycles. The maximum absolute atomic E-state index is 13.1. The summed E-state index contributed by atoms with van der Waals surface area (Å²) < 4.78 is 13.1. The first kappa shape index (κ1) is 14.5. The molecule has 1 aliphatic carbocycles. The van der Waals surface area contributed by atoms with Crippen molar-refractivity contribution in [1.29, 1.82) is 0 Å². The van der Waals surface area contributed by atoms with Crippen molar-refractivity contribution < 1.29 is 4.39 Å². The molecule has 0 N–H and O–H groups in total. The van der Waals surface area contributed by atoms with Gasteiger partial charge in [-0.1, -0.05) is 13.0 Å². The normalized spacial score (nSPS) is 22.1. The van der Waals surface area contributed by atoms with Crippen LogP contribution in [0.1, 0.15) is 36.6 Å². The average Bonchev–Trinajstić information content (AvgIpc) is 2.91. The van der Waals surface area contributed by atoms with Crippen molar-refractivity contribution in [2.75, 3.05) is 6.67 Å². The number of alkyl halides is 1. The summed E-state index contributed by atoms with van der Waals surface area (Å²) in [6, 6.07) is 6.39. The molecule has 3 rings (SSSR count). The van der Waals surface area contributed by atoms with Gasteiger partial charge in [0.05, 0.1) is 6.67 Å². The van der Waals surface area contributed by atoms with Gasteiger partial charge in [0.25, 0.3) is 0 Å². The molecule has 2 heterocycles. The van der Waals surface area contributed by atoms with Gasteiger partial charge >= 0.3 is 0 Å². The van der Waals surface area contributed by atoms with E-state index in [0.717, 1.165) is 19.3 Å². The Hall–Kier alpha value is -1.48. The number of hydrogen-bond acceptors (Lipinski definition) is 2. The lowest BCUT2D eigenvalue weighted by atomic mass is 9.76. The minimum absolute atomic E-state index is 0.161. The van der Waals surface area contributed by atoms with Crippen molar-refractivity contribution in [3.8, 4) is 10.4 Å². The van der Waals surface area contributed by atoms with Crippen LogP contribution in [0, 0.1) is 12.3 Å². The van der Waals surface area contributed by atoms with Gasteiger partial charge in [0.1, 0.15) is 0 Å². The van der Waals surface area contributed by atoms with E-state index in [-0.39, 0.29) is 12.1 Å². The summed E-state index contributed by atoms with van der Waals surface area (Å²) in [4.78, 5) is 6.72. The van der Waals surface area contributed by atoms with E-state index in [1.807, 2.05) is 30.7 Å². The van der Waals surface area contributed by atoms with E-state index in [2.05, 4.69) is 36.2 Å². The molecule has 0 aliphatic heterocycles. The summed E-state index contributed by atoms with van der Waals surface area (Å²) in [7, 11) is 0. The van der Waals surface area contributed by atoms with Gasteiger partial charge in [0.2, 0.25) is 0 Å². The number of pyridine rings is 1. The zero-order valence-corrected chi connectivity index (χ0v) is 13.3. The Kier molecular flexibility index (Phi) is 3.94. The van der Waals surface area contributed by atoms with E-state index < -0.39 is 0 Å². The summed E-state index contributed by atoms with van der Waals surface area (Å²) >= 11 is 1.82. The van der Waals surface area contributed by atoms with Gasteiger partial charge in [0.15, 0.2) is 0 Å². The molecule has 0 amide bonds. The van der Waals surface area contributed by atoms with E-state index >= 15 is 0 Å². The van der Waals surface area contributed by atoms with Crippen molar-refractivity contribution in [1.82, 2.24) is 4.98 Å². The number of rotatable bonds is 3. The molecule has 0 bridgehead atoms. The number of halogens is 1. The first-order chi connectivity index (χ1) is 10.1. The van der Waals surface area contributed by atoms with Gasteiger partial charge < -0.3 is 0 Å². The SMILES string of the molecule is Cc1cc(C2=CCC(C)(CF)CC2)c(-c2ccncc2)s1. The summed E-state index contributed by atoms with van der Waals surface area (Å²) in [5.74, 6) is 0. The molecule has 3 heteroatoms. The molecule has 0 spiro atoms. The van der Waals surface area contributed by atoms with Crippen LogP contribution >= 0.6 is 11.3 Å². The molecule has 1 unspecified atom stereocenters. The third-order valence-corrected chi connectivity index (χ3v) is 5.41. The minimum atomic E-state index is -0.226. The lowest BCUT2D eigenvalue weighted by Crippen LogP contribution is -2.21. The van der Waals surface area contributed by atoms with E-state index in [0.29, 0.717) is 0 Å². The minimum Gasteiger partial charge on any atom is -0.265 e. The third-order valence-electron chi connectivity index (χ3n) is 4.31. The molecule has 1 aliphatic rings. The lowest BCUT2D eigenvalue weighted by molar-refractivity contribution is 0.214. The van der Waals surface area contributed by atoms with E-state index in [1.165, 1.54) is 26.5 Å². The van der Waals surface area contributed by atoms with Gasteiger partial charge in [0, 0.05) is 22.1 Å². The predicted molar refractivity (Wildman–Crippen MR) is 88.2 cm³/mol. The highest BCUT2D eigenvalue weighted by molar-refractivity contribution is 7.15. The first-order valence-corrected chi connectivity index (χ1v) is 8.19. The highest BCUT2D eigenvalue weighted by atomic mass is 32.1. The van der Waals surface area contributed by atoms with Crippen LogP contribution in [0.25, 0.3) is 16.0 Å². The fraction of sp³-hybridized carbons (Fsp3) is 0.389. The largest absolute Gasteiger partial charge is 0.265 e. The number of nitrogens with zero attached hydrogens (tertiary/aromatic N) is 1. The van der Waals surface area contributed by atoms with Gasteiger partial charge in [-0.05, 0) is 66.5 Å². The quantitative estimate of drug-likeness (QED) is 0.712. The van der Waals surface area contributed by atoms with Crippen molar-refractivity contribution in [2.45, 2.75) is 33.1 Å². The standard InChI is InChI=1S/C18H20FNS/c1-13-11-16(14-3-7-18(2,12-19)8-4-14)17(21-13)15-5-9-20-10-6-15/h3,5-6,9-11H,4,7-8,12H2,1-2H3. The molecule has 0 fully saturated rings. The molecule has 2 aromatic heterocycles. The predicted octanol–water partition coefficient (Wildman–Crippen LogP) is 5.66. The second-order valence-electron chi connectivity index (χ2n) is 6.21. The Bertz CT molecular complexity index is 659. The average molecular weight is 301 g/mol. The summed E-state index contributed by atoms with van der Waals surface area (Å²) in [6.45, 7) is 3.97. The Morgan fingerprint density at radius 3 is 2.71 bits per heavy atom. The Morgan fingerprint density at radius 2 is 2.10 bits per heavy atom. The molecule has 2 aromatic rings. The van der Waals surface area contributed by atoms with Crippen LogP contribution in [0.3, 0.4) is 0 Å². The molecule has 0 saturated carbocycles. The van der Waals surface area contributed by atoms with Crippen LogP contribution in [0.15, 0.2) is 36.7 Å². The van der Waals surface area contributed by atoms with Crippen LogP contribution in [-0.4, -0.2) is 11.7 Å². The van der Waals surface area contributed by atoms with Crippen molar-refractivity contribution in [3.05, 3.63) is 47.1 Å². The fourth-order valence-corrected chi connectivity index (χ4v) is 3.90. The molecule has 0 saturated heterocycles. The molecule has 1 nitrogen and oxygen atoms in total. The van der Waals surface area contributed by atoms with Crippen molar-refractivity contribution in [2.24, 2.45) is 5.41 Å². The van der Waals surface area contributed by atoms with Crippen LogP contribution < -0.4 is 0 Å². The van der Waals surface area contributed by atoms with Crippen LogP contribution in [0.4, 0.5) is 4.39 Å². The number of allylic oxidation sites excluding steroid dienone is 2. The third kappa shape index (κ3) is 2.93. The van der Waals surface area contributed by atoms with Gasteiger partial charge in [-0.15, -0.1) is 11.3 Å².